The molecule has 0 rings (SSSR count). The maximum atomic E-state index is 8.74. The third-order valence-corrected chi connectivity index (χ3v) is 0. The molecule has 0 atom stereocenters. The average Bonchev–Trinajstić information content (AvgIpc) is 1.72. The summed E-state index contributed by atoms with van der Waals surface area (Å²) in [6.45, 7) is 0. The van der Waals surface area contributed by atoms with E-state index in [1.807, 2.05) is 0 Å². The molecule has 0 aromatic heterocycles. The molecular formula is H11N3O6S. The van der Waals surface area contributed by atoms with Crippen molar-refractivity contribution in [3.8, 4) is 0 Å². The van der Waals surface area contributed by atoms with E-state index in [9.17, 15) is 0 Å². The third kappa shape index (κ3) is 3130. The molecule has 0 aromatic carbocycles. The molecule has 0 aromatic rings. The van der Waals surface area contributed by atoms with Crippen LogP contribution in [0.5, 0.6) is 0 Å². The number of nitrogens with two attached hydrogens (primary N) is 2. The molecule has 9 nitrogen and oxygen atoms in total. The van der Waals surface area contributed by atoms with E-state index in [-0.39, 0.29) is 6.15 Å². The smallest absolute Gasteiger partial charge is 0.344 e. The molecule has 0 aliphatic heterocycles. The molecule has 0 spiro atoms. The first kappa shape index (κ1) is 22.6. The maximum Gasteiger partial charge on any atom is 0.394 e. The fraction of sp³-hybridized carbons (Fsp3) is 0. The van der Waals surface area contributed by atoms with E-state index in [4.69, 9.17) is 27.9 Å². The van der Waals surface area contributed by atoms with Gasteiger partial charge in [-0.15, -0.1) is 0 Å². The second-order valence-electron chi connectivity index (χ2n) is 0.448. The van der Waals surface area contributed by atoms with Crippen molar-refractivity contribution in [3.63, 3.8) is 0 Å². The molecule has 0 fully saturated rings. The Morgan fingerprint density at radius 2 is 0.900 bits per heavy atom. The summed E-state index contributed by atoms with van der Waals surface area (Å²) in [5, 5.41) is 13.0. The zero-order chi connectivity index (χ0) is 8.50. The largest absolute Gasteiger partial charge is 0.394 e. The molecular weight excluding hydrogens is 170 g/mol. The monoisotopic (exact) mass is 181 g/mol. The van der Waals surface area contributed by atoms with Crippen LogP contribution in [-0.4, -0.2) is 27.9 Å². The van der Waals surface area contributed by atoms with Gasteiger partial charge in [0.1, 0.15) is 0 Å². The van der Waals surface area contributed by atoms with Crippen LogP contribution in [0.25, 0.3) is 0 Å². The van der Waals surface area contributed by atoms with Gasteiger partial charge in [0.2, 0.25) is 0 Å². The van der Waals surface area contributed by atoms with E-state index in [1.165, 1.54) is 0 Å². The molecule has 0 bridgehead atoms. The van der Waals surface area contributed by atoms with Crippen LogP contribution in [-0.2, 0) is 10.4 Å². The third-order valence-electron chi connectivity index (χ3n) is 0. The highest BCUT2D eigenvalue weighted by Gasteiger charge is 1.84. The fourth-order valence-corrected chi connectivity index (χ4v) is 0. The summed E-state index contributed by atoms with van der Waals surface area (Å²) in [6.07, 6.45) is 0. The highest BCUT2D eigenvalue weighted by Crippen LogP contribution is 1.59. The van der Waals surface area contributed by atoms with Crippen molar-refractivity contribution in [2.24, 2.45) is 11.8 Å². The Bertz CT molecular complexity index is 96.2. The van der Waals surface area contributed by atoms with Crippen molar-refractivity contribution in [1.82, 2.24) is 6.15 Å². The Morgan fingerprint density at radius 3 is 0.900 bits per heavy atom. The standard InChI is InChI=1S/2H3NO.H3N.H2O4S/c2*1-2;;1-5(2,3)4/h2*2H,1H2;1H3;(H2,1,2,3,4). The Balaban J connectivity index is -0.0000000315. The first-order valence-electron chi connectivity index (χ1n) is 1.21. The zero-order valence-corrected chi connectivity index (χ0v) is 5.69. The van der Waals surface area contributed by atoms with Gasteiger partial charge in [0.15, 0.2) is 0 Å². The van der Waals surface area contributed by atoms with E-state index in [0.29, 0.717) is 0 Å². The van der Waals surface area contributed by atoms with Crippen LogP contribution < -0.4 is 17.9 Å². The average molecular weight is 181 g/mol. The molecule has 0 saturated heterocycles. The van der Waals surface area contributed by atoms with Crippen LogP contribution in [0, 0.1) is 0 Å². The van der Waals surface area contributed by atoms with Gasteiger partial charge in [-0.25, -0.2) is 11.8 Å². The van der Waals surface area contributed by atoms with Gasteiger partial charge in [-0.05, 0) is 0 Å². The number of rotatable bonds is 0. The molecule has 0 unspecified atom stereocenters. The van der Waals surface area contributed by atoms with Crippen LogP contribution >= 0.6 is 0 Å². The van der Waals surface area contributed by atoms with E-state index < -0.39 is 10.4 Å². The summed E-state index contributed by atoms with van der Waals surface area (Å²) in [6, 6.07) is 0. The molecule has 0 amide bonds. The minimum Gasteiger partial charge on any atom is -0.344 e. The highest BCUT2D eigenvalue weighted by molar-refractivity contribution is 7.79. The summed E-state index contributed by atoms with van der Waals surface area (Å²) in [5.74, 6) is 7.00. The molecule has 0 heterocycles. The summed E-state index contributed by atoms with van der Waals surface area (Å²) >= 11 is 0. The maximum absolute atomic E-state index is 8.74. The quantitative estimate of drug-likeness (QED) is 0.166. The normalized spacial score (nSPS) is 7.00. The zero-order valence-electron chi connectivity index (χ0n) is 4.88. The first-order chi connectivity index (χ1) is 4.00. The van der Waals surface area contributed by atoms with Gasteiger partial charge < -0.3 is 16.6 Å². The highest BCUT2D eigenvalue weighted by atomic mass is 32.3. The van der Waals surface area contributed by atoms with Crippen molar-refractivity contribution in [2.45, 2.75) is 0 Å². The van der Waals surface area contributed by atoms with Gasteiger partial charge in [-0.3, -0.25) is 9.11 Å². The minimum absolute atomic E-state index is 0. The van der Waals surface area contributed by atoms with Crippen molar-refractivity contribution >= 4 is 10.4 Å². The molecule has 0 saturated carbocycles. The number of hydrogen-bond donors (Lipinski definition) is 7. The van der Waals surface area contributed by atoms with E-state index >= 15 is 0 Å². The summed E-state index contributed by atoms with van der Waals surface area (Å²) in [7, 11) is -4.67. The predicted octanol–water partition coefficient (Wildman–Crippen LogP) is -1.82. The fourth-order valence-electron chi connectivity index (χ4n) is 0. The number of hydrogen-bond acceptors (Lipinski definition) is 7. The van der Waals surface area contributed by atoms with Crippen molar-refractivity contribution in [3.05, 3.63) is 0 Å². The Labute approximate surface area is 57.3 Å². The molecule has 11 N–H and O–H groups in total. The predicted molar refractivity (Wildman–Crippen MR) is 31.1 cm³/mol. The molecule has 10 heteroatoms. The van der Waals surface area contributed by atoms with Gasteiger partial charge >= 0.3 is 10.4 Å². The van der Waals surface area contributed by atoms with Gasteiger partial charge in [0.05, 0.1) is 0 Å². The van der Waals surface area contributed by atoms with Gasteiger partial charge in [-0.2, -0.15) is 8.42 Å². The van der Waals surface area contributed by atoms with Gasteiger partial charge in [0, 0.05) is 0 Å². The lowest BCUT2D eigenvalue weighted by atomic mass is 13.6. The van der Waals surface area contributed by atoms with E-state index in [1.54, 1.807) is 0 Å². The second-order valence-corrected chi connectivity index (χ2v) is 1.34. The lowest BCUT2D eigenvalue weighted by molar-refractivity contribution is 0.311. The Kier molecular flexibility index (Phi) is 35.9. The summed E-state index contributed by atoms with van der Waals surface area (Å²) in [5.41, 5.74) is 0. The van der Waals surface area contributed by atoms with E-state index in [0.717, 1.165) is 0 Å². The Morgan fingerprint density at radius 1 is 0.900 bits per heavy atom. The lowest BCUT2D eigenvalue weighted by Gasteiger charge is -1.68. The molecule has 10 heavy (non-hydrogen) atoms. The van der Waals surface area contributed by atoms with Crippen molar-refractivity contribution < 1.29 is 27.9 Å². The van der Waals surface area contributed by atoms with Crippen LogP contribution in [0.1, 0.15) is 0 Å². The molecule has 0 radical (unpaired) electrons. The van der Waals surface area contributed by atoms with Crippen LogP contribution in [0.4, 0.5) is 0 Å². The van der Waals surface area contributed by atoms with Crippen molar-refractivity contribution in [1.29, 1.82) is 0 Å². The molecule has 68 valence electrons. The lowest BCUT2D eigenvalue weighted by Crippen LogP contribution is -1.89. The molecule has 0 aliphatic carbocycles. The minimum atomic E-state index is -4.67. The summed E-state index contributed by atoms with van der Waals surface area (Å²) < 4.78 is 31.6. The van der Waals surface area contributed by atoms with Crippen LogP contribution in [0.3, 0.4) is 0 Å². The van der Waals surface area contributed by atoms with Crippen LogP contribution in [0.2, 0.25) is 0 Å². The molecule has 0 aliphatic rings. The van der Waals surface area contributed by atoms with Crippen LogP contribution in [0.15, 0.2) is 0 Å². The van der Waals surface area contributed by atoms with Gasteiger partial charge in [-0.1, -0.05) is 0 Å². The first-order valence-corrected chi connectivity index (χ1v) is 2.61. The Hall–Kier alpha value is -0.330. The SMILES string of the molecule is N.NO.NO.O=S(=O)(O)O. The second kappa shape index (κ2) is 15.9. The summed E-state index contributed by atoms with van der Waals surface area (Å²) in [4.78, 5) is 0. The van der Waals surface area contributed by atoms with Gasteiger partial charge in [0.25, 0.3) is 0 Å². The van der Waals surface area contributed by atoms with Crippen molar-refractivity contribution in [2.75, 3.05) is 0 Å². The van der Waals surface area contributed by atoms with E-state index in [2.05, 4.69) is 11.8 Å². The topological polar surface area (TPSA) is 202 Å².